The molecular weight excluding hydrogens is 427 g/mol. The summed E-state index contributed by atoms with van der Waals surface area (Å²) in [5, 5.41) is 1.87. The molecule has 168 valence electrons. The molecule has 6 heteroatoms. The predicted octanol–water partition coefficient (Wildman–Crippen LogP) is 6.43. The lowest BCUT2D eigenvalue weighted by Crippen LogP contribution is -2.37. The van der Waals surface area contributed by atoms with Gasteiger partial charge < -0.3 is 4.74 Å². The van der Waals surface area contributed by atoms with Crippen molar-refractivity contribution in [3.05, 3.63) is 102 Å². The van der Waals surface area contributed by atoms with E-state index in [9.17, 15) is 18.0 Å². The Labute approximate surface area is 190 Å². The number of alkyl halides is 3. The van der Waals surface area contributed by atoms with Crippen molar-refractivity contribution in [2.75, 3.05) is 0 Å². The molecule has 0 N–H and O–H groups in total. The van der Waals surface area contributed by atoms with Crippen LogP contribution in [-0.2, 0) is 17.5 Å². The lowest BCUT2D eigenvalue weighted by Gasteiger charge is -2.13. The summed E-state index contributed by atoms with van der Waals surface area (Å²) in [5.41, 5.74) is 1.96. The second-order valence-corrected chi connectivity index (χ2v) is 8.07. The Morgan fingerprint density at radius 2 is 1.58 bits per heavy atom. The van der Waals surface area contributed by atoms with E-state index in [1.165, 1.54) is 12.1 Å². The number of ether oxygens (including phenoxy) is 1. The van der Waals surface area contributed by atoms with Crippen LogP contribution in [0.25, 0.3) is 22.0 Å². The smallest absolute Gasteiger partial charge is 0.416 e. The van der Waals surface area contributed by atoms with Gasteiger partial charge in [0.05, 0.1) is 22.6 Å². The zero-order valence-electron chi connectivity index (χ0n) is 18.3. The molecule has 4 rings (SSSR count). The van der Waals surface area contributed by atoms with Gasteiger partial charge in [0.2, 0.25) is 5.69 Å². The Bertz CT molecular complexity index is 1300. The van der Waals surface area contributed by atoms with E-state index in [2.05, 4.69) is 0 Å². The molecule has 3 nitrogen and oxygen atoms in total. The van der Waals surface area contributed by atoms with Gasteiger partial charge >= 0.3 is 12.1 Å². The van der Waals surface area contributed by atoms with Crippen LogP contribution < -0.4 is 4.57 Å². The summed E-state index contributed by atoms with van der Waals surface area (Å²) in [7, 11) is 0. The molecule has 1 aromatic heterocycles. The number of carbonyl (C=O) groups excluding carboxylic acids is 1. The summed E-state index contributed by atoms with van der Waals surface area (Å²) in [6.07, 6.45) is -2.76. The van der Waals surface area contributed by atoms with Gasteiger partial charge in [0.15, 0.2) is 12.7 Å². The molecule has 0 bridgehead atoms. The fourth-order valence-electron chi connectivity index (χ4n) is 3.85. The SMILES string of the molecule is CC(C)OC(=O)c1ccccc1C[n+]1ccc2ccccc2c1-c1ccc(C(F)(F)F)cc1. The van der Waals surface area contributed by atoms with E-state index in [1.54, 1.807) is 26.0 Å². The van der Waals surface area contributed by atoms with Gasteiger partial charge in [-0.2, -0.15) is 17.7 Å². The minimum Gasteiger partial charge on any atom is -0.459 e. The van der Waals surface area contributed by atoms with E-state index in [0.717, 1.165) is 34.2 Å². The third kappa shape index (κ3) is 4.90. The van der Waals surface area contributed by atoms with Crippen molar-refractivity contribution in [3.63, 3.8) is 0 Å². The average Bonchev–Trinajstić information content (AvgIpc) is 2.78. The molecule has 0 radical (unpaired) electrons. The first-order valence-corrected chi connectivity index (χ1v) is 10.6. The third-order valence-corrected chi connectivity index (χ3v) is 5.34. The minimum atomic E-state index is -4.40. The summed E-state index contributed by atoms with van der Waals surface area (Å²) in [6.45, 7) is 3.94. The standard InChI is InChI=1S/C27H23F3NO2/c1-18(2)33-26(32)24-10-6-4-8-21(24)17-31-16-15-19-7-3-5-9-23(19)25(31)20-11-13-22(14-12-20)27(28,29)30/h3-16,18H,17H2,1-2H3/q+1. The molecule has 0 fully saturated rings. The van der Waals surface area contributed by atoms with Crippen LogP contribution in [0.2, 0.25) is 0 Å². The summed E-state index contributed by atoms with van der Waals surface area (Å²) >= 11 is 0. The molecule has 0 spiro atoms. The molecule has 1 heterocycles. The van der Waals surface area contributed by atoms with Crippen LogP contribution in [0.1, 0.15) is 35.3 Å². The fourth-order valence-corrected chi connectivity index (χ4v) is 3.85. The number of benzene rings is 3. The molecule has 0 saturated carbocycles. The van der Waals surface area contributed by atoms with E-state index in [-0.39, 0.29) is 6.10 Å². The van der Waals surface area contributed by atoms with Gasteiger partial charge in [0.25, 0.3) is 0 Å². The molecule has 4 aromatic rings. The second-order valence-electron chi connectivity index (χ2n) is 8.07. The number of hydrogen-bond donors (Lipinski definition) is 0. The summed E-state index contributed by atoms with van der Waals surface area (Å²) in [5.74, 6) is -0.405. The van der Waals surface area contributed by atoms with Crippen molar-refractivity contribution in [1.29, 1.82) is 0 Å². The number of aromatic nitrogens is 1. The predicted molar refractivity (Wildman–Crippen MR) is 121 cm³/mol. The van der Waals surface area contributed by atoms with Crippen LogP contribution >= 0.6 is 0 Å². The van der Waals surface area contributed by atoms with Crippen LogP contribution in [0.3, 0.4) is 0 Å². The number of hydrogen-bond acceptors (Lipinski definition) is 2. The van der Waals surface area contributed by atoms with Gasteiger partial charge in [-0.05, 0) is 55.6 Å². The molecule has 0 aliphatic carbocycles. The highest BCUT2D eigenvalue weighted by atomic mass is 19.4. The van der Waals surface area contributed by atoms with Crippen LogP contribution in [0.5, 0.6) is 0 Å². The molecule has 0 saturated heterocycles. The fraction of sp³-hybridized carbons (Fsp3) is 0.185. The van der Waals surface area contributed by atoms with Crippen molar-refractivity contribution >= 4 is 16.7 Å². The Hall–Kier alpha value is -3.67. The molecule has 0 atom stereocenters. The highest BCUT2D eigenvalue weighted by molar-refractivity contribution is 5.93. The summed E-state index contributed by atoms with van der Waals surface area (Å²) < 4.78 is 46.7. The maximum Gasteiger partial charge on any atom is 0.416 e. The normalized spacial score (nSPS) is 11.7. The van der Waals surface area contributed by atoms with Gasteiger partial charge in [-0.3, -0.25) is 0 Å². The zero-order chi connectivity index (χ0) is 23.6. The number of carbonyl (C=O) groups is 1. The zero-order valence-corrected chi connectivity index (χ0v) is 18.3. The average molecular weight is 450 g/mol. The van der Waals surface area contributed by atoms with Gasteiger partial charge in [-0.25, -0.2) is 4.79 Å². The molecule has 0 unspecified atom stereocenters. The Morgan fingerprint density at radius 1 is 0.909 bits per heavy atom. The van der Waals surface area contributed by atoms with Crippen LogP contribution in [0.4, 0.5) is 13.2 Å². The Kier molecular flexibility index (Phi) is 6.18. The molecule has 33 heavy (non-hydrogen) atoms. The maximum absolute atomic E-state index is 13.1. The lowest BCUT2D eigenvalue weighted by atomic mass is 10.0. The lowest BCUT2D eigenvalue weighted by molar-refractivity contribution is -0.676. The van der Waals surface area contributed by atoms with Crippen molar-refractivity contribution in [2.45, 2.75) is 32.7 Å². The molecule has 0 aliphatic rings. The van der Waals surface area contributed by atoms with Crippen molar-refractivity contribution in [2.24, 2.45) is 0 Å². The molecular formula is C27H23F3NO2+. The number of rotatable bonds is 5. The first kappa shape index (κ1) is 22.5. The van der Waals surface area contributed by atoms with Crippen LogP contribution in [0.15, 0.2) is 85.1 Å². The quantitative estimate of drug-likeness (QED) is 0.259. The minimum absolute atomic E-state index is 0.249. The number of nitrogens with zero attached hydrogens (tertiary/aromatic N) is 1. The second kappa shape index (κ2) is 9.06. The third-order valence-electron chi connectivity index (χ3n) is 5.34. The molecule has 3 aromatic carbocycles. The van der Waals surface area contributed by atoms with Gasteiger partial charge in [-0.15, -0.1) is 0 Å². The highest BCUT2D eigenvalue weighted by Gasteiger charge is 2.30. The summed E-state index contributed by atoms with van der Waals surface area (Å²) in [4.78, 5) is 12.6. The number of esters is 1. The van der Waals surface area contributed by atoms with Crippen molar-refractivity contribution in [1.82, 2.24) is 0 Å². The Morgan fingerprint density at radius 3 is 2.27 bits per heavy atom. The summed E-state index contributed by atoms with van der Waals surface area (Å²) in [6, 6.07) is 22.0. The van der Waals surface area contributed by atoms with Gasteiger partial charge in [0, 0.05) is 17.2 Å². The maximum atomic E-state index is 13.1. The highest BCUT2D eigenvalue weighted by Crippen LogP contribution is 2.32. The Balaban J connectivity index is 1.83. The van der Waals surface area contributed by atoms with Crippen LogP contribution in [-0.4, -0.2) is 12.1 Å². The number of pyridine rings is 1. The molecule has 0 amide bonds. The number of fused-ring (bicyclic) bond motifs is 1. The first-order chi connectivity index (χ1) is 15.7. The number of halogens is 3. The first-order valence-electron chi connectivity index (χ1n) is 10.6. The van der Waals surface area contributed by atoms with E-state index in [0.29, 0.717) is 17.7 Å². The van der Waals surface area contributed by atoms with E-state index < -0.39 is 17.7 Å². The molecule has 0 aliphatic heterocycles. The monoisotopic (exact) mass is 450 g/mol. The van der Waals surface area contributed by atoms with E-state index in [4.69, 9.17) is 4.74 Å². The van der Waals surface area contributed by atoms with Gasteiger partial charge in [0.1, 0.15) is 0 Å². The van der Waals surface area contributed by atoms with Crippen molar-refractivity contribution < 1.29 is 27.3 Å². The van der Waals surface area contributed by atoms with Crippen molar-refractivity contribution in [3.8, 4) is 11.3 Å². The topological polar surface area (TPSA) is 30.2 Å². The van der Waals surface area contributed by atoms with Crippen LogP contribution in [0, 0.1) is 0 Å². The van der Waals surface area contributed by atoms with E-state index in [1.807, 2.05) is 53.2 Å². The van der Waals surface area contributed by atoms with Gasteiger partial charge in [-0.1, -0.05) is 36.4 Å². The largest absolute Gasteiger partial charge is 0.459 e. The van der Waals surface area contributed by atoms with E-state index >= 15 is 0 Å².